The minimum Gasteiger partial charge on any atom is -0.377 e. The van der Waals surface area contributed by atoms with Gasteiger partial charge in [0, 0.05) is 7.11 Å². The van der Waals surface area contributed by atoms with Gasteiger partial charge in [0.15, 0.2) is 0 Å². The van der Waals surface area contributed by atoms with E-state index in [9.17, 15) is 0 Å². The van der Waals surface area contributed by atoms with Crippen LogP contribution in [0.15, 0.2) is 30.3 Å². The predicted molar refractivity (Wildman–Crippen MR) is 85.8 cm³/mol. The van der Waals surface area contributed by atoms with Gasteiger partial charge in [-0.1, -0.05) is 50.1 Å². The summed E-state index contributed by atoms with van der Waals surface area (Å²) in [6.07, 6.45) is 6.03. The van der Waals surface area contributed by atoms with Crippen molar-refractivity contribution in [3.05, 3.63) is 35.9 Å². The molecule has 0 aromatic heterocycles. The maximum atomic E-state index is 6.05. The lowest BCUT2D eigenvalue weighted by atomic mass is 9.73. The van der Waals surface area contributed by atoms with Gasteiger partial charge < -0.3 is 4.74 Å². The maximum absolute atomic E-state index is 6.05. The molecule has 3 heteroatoms. The lowest BCUT2D eigenvalue weighted by Gasteiger charge is -2.44. The van der Waals surface area contributed by atoms with Gasteiger partial charge in [0.1, 0.15) is 0 Å². The van der Waals surface area contributed by atoms with E-state index in [1.54, 1.807) is 0 Å². The van der Waals surface area contributed by atoms with Gasteiger partial charge in [0.2, 0.25) is 0 Å². The zero-order chi connectivity index (χ0) is 14.9. The molecule has 0 radical (unpaired) electrons. The summed E-state index contributed by atoms with van der Waals surface area (Å²) in [6.45, 7) is 2.34. The van der Waals surface area contributed by atoms with Crippen LogP contribution in [0.1, 0.15) is 50.5 Å². The molecular weight excluding hydrogens is 260 g/mol. The van der Waals surface area contributed by atoms with E-state index in [1.165, 1.54) is 24.8 Å². The molecule has 0 aliphatic heterocycles. The highest BCUT2D eigenvalue weighted by Crippen LogP contribution is 2.54. The van der Waals surface area contributed by atoms with Gasteiger partial charge in [-0.05, 0) is 42.6 Å². The third-order valence-corrected chi connectivity index (χ3v) is 5.64. The molecule has 3 N–H and O–H groups in total. The van der Waals surface area contributed by atoms with Crippen LogP contribution in [0.4, 0.5) is 0 Å². The Labute approximate surface area is 128 Å². The van der Waals surface area contributed by atoms with Crippen molar-refractivity contribution in [2.75, 3.05) is 7.11 Å². The van der Waals surface area contributed by atoms with Crippen molar-refractivity contribution in [1.29, 1.82) is 0 Å². The molecular formula is C18H28N2O. The molecule has 2 fully saturated rings. The number of methoxy groups -OCH3 is 1. The van der Waals surface area contributed by atoms with Crippen molar-refractivity contribution in [2.24, 2.45) is 17.7 Å². The topological polar surface area (TPSA) is 47.3 Å². The predicted octanol–water partition coefficient (Wildman–Crippen LogP) is 3.22. The maximum Gasteiger partial charge on any atom is 0.0849 e. The molecule has 3 nitrogen and oxygen atoms in total. The van der Waals surface area contributed by atoms with E-state index in [2.05, 4.69) is 42.7 Å². The Morgan fingerprint density at radius 1 is 1.33 bits per heavy atom. The van der Waals surface area contributed by atoms with Crippen molar-refractivity contribution < 1.29 is 4.74 Å². The molecule has 0 amide bonds. The summed E-state index contributed by atoms with van der Waals surface area (Å²) in [5.74, 6) is 7.92. The van der Waals surface area contributed by atoms with Crippen molar-refractivity contribution in [2.45, 2.75) is 56.6 Å². The minimum absolute atomic E-state index is 0.0827. The molecule has 5 unspecified atom stereocenters. The van der Waals surface area contributed by atoms with Crippen LogP contribution < -0.4 is 11.3 Å². The third kappa shape index (κ3) is 2.87. The van der Waals surface area contributed by atoms with Crippen LogP contribution in [0.25, 0.3) is 0 Å². The average Bonchev–Trinajstić information content (AvgIpc) is 3.29. The normalized spacial score (nSPS) is 37.2. The highest BCUT2D eigenvalue weighted by molar-refractivity contribution is 5.27. The quantitative estimate of drug-likeness (QED) is 0.646. The minimum atomic E-state index is -0.0827. The molecule has 116 valence electrons. The molecule has 2 saturated carbocycles. The van der Waals surface area contributed by atoms with Crippen LogP contribution in [0.3, 0.4) is 0 Å². The molecule has 0 heterocycles. The summed E-state index contributed by atoms with van der Waals surface area (Å²) in [7, 11) is 1.86. The second-order valence-corrected chi connectivity index (χ2v) is 7.03. The molecule has 1 aromatic rings. The largest absolute Gasteiger partial charge is 0.377 e. The second kappa shape index (κ2) is 6.07. The van der Waals surface area contributed by atoms with Crippen LogP contribution in [0.5, 0.6) is 0 Å². The van der Waals surface area contributed by atoms with E-state index in [0.29, 0.717) is 11.8 Å². The first-order valence-electron chi connectivity index (χ1n) is 8.26. The van der Waals surface area contributed by atoms with Gasteiger partial charge in [0.25, 0.3) is 0 Å². The molecule has 2 aliphatic carbocycles. The van der Waals surface area contributed by atoms with E-state index in [1.807, 2.05) is 7.11 Å². The monoisotopic (exact) mass is 288 g/mol. The fourth-order valence-corrected chi connectivity index (χ4v) is 4.47. The van der Waals surface area contributed by atoms with Gasteiger partial charge in [-0.25, -0.2) is 0 Å². The Bertz CT molecular complexity index is 464. The third-order valence-electron chi connectivity index (χ3n) is 5.64. The van der Waals surface area contributed by atoms with E-state index in [0.717, 1.165) is 18.8 Å². The van der Waals surface area contributed by atoms with Crippen LogP contribution >= 0.6 is 0 Å². The highest BCUT2D eigenvalue weighted by Gasteiger charge is 2.53. The Morgan fingerprint density at radius 2 is 2.10 bits per heavy atom. The van der Waals surface area contributed by atoms with Crippen LogP contribution in [-0.2, 0) is 4.74 Å². The number of hydrazine groups is 1. The number of hydrogen-bond donors (Lipinski definition) is 2. The Hall–Kier alpha value is -0.900. The van der Waals surface area contributed by atoms with E-state index in [4.69, 9.17) is 10.6 Å². The van der Waals surface area contributed by atoms with Crippen LogP contribution in [0, 0.1) is 11.8 Å². The van der Waals surface area contributed by atoms with Gasteiger partial charge in [-0.15, -0.1) is 0 Å². The van der Waals surface area contributed by atoms with E-state index < -0.39 is 0 Å². The molecule has 0 bridgehead atoms. The first-order valence-corrected chi connectivity index (χ1v) is 8.26. The summed E-state index contributed by atoms with van der Waals surface area (Å²) in [5.41, 5.74) is 4.48. The smallest absolute Gasteiger partial charge is 0.0849 e. The molecule has 0 spiro atoms. The number of rotatable bonds is 5. The molecule has 2 aliphatic rings. The number of ether oxygens (including phenoxy) is 1. The zero-order valence-corrected chi connectivity index (χ0v) is 13.2. The fraction of sp³-hybridized carbons (Fsp3) is 0.667. The van der Waals surface area contributed by atoms with Gasteiger partial charge in [-0.2, -0.15) is 0 Å². The first kappa shape index (κ1) is 15.0. The summed E-state index contributed by atoms with van der Waals surface area (Å²) >= 11 is 0. The second-order valence-electron chi connectivity index (χ2n) is 7.03. The number of nitrogens with two attached hydrogens (primary N) is 1. The molecule has 1 aromatic carbocycles. The molecule has 21 heavy (non-hydrogen) atoms. The lowest BCUT2D eigenvalue weighted by Crippen LogP contribution is -2.57. The summed E-state index contributed by atoms with van der Waals surface area (Å²) in [4.78, 5) is 0. The number of hydrogen-bond acceptors (Lipinski definition) is 3. The fourth-order valence-electron chi connectivity index (χ4n) is 4.47. The standard InChI is InChI=1S/C18H28N2O/c1-13-7-6-10-18(12-13,21-2)17(20-19)16-11-15(16)14-8-4-3-5-9-14/h3-5,8-9,13,15-17,20H,6-7,10-12,19H2,1-2H3. The molecule has 3 rings (SSSR count). The average molecular weight is 288 g/mol. The first-order chi connectivity index (χ1) is 10.2. The Kier molecular flexibility index (Phi) is 4.34. The van der Waals surface area contributed by atoms with Crippen LogP contribution in [-0.4, -0.2) is 18.8 Å². The van der Waals surface area contributed by atoms with Crippen molar-refractivity contribution in [1.82, 2.24) is 5.43 Å². The lowest BCUT2D eigenvalue weighted by molar-refractivity contribution is -0.0847. The van der Waals surface area contributed by atoms with Gasteiger partial charge >= 0.3 is 0 Å². The van der Waals surface area contributed by atoms with Crippen molar-refractivity contribution in [3.8, 4) is 0 Å². The molecule has 0 saturated heterocycles. The summed E-state index contributed by atoms with van der Waals surface area (Å²) in [5, 5.41) is 0. The Balaban J connectivity index is 1.76. The van der Waals surface area contributed by atoms with Crippen molar-refractivity contribution in [3.63, 3.8) is 0 Å². The summed E-state index contributed by atoms with van der Waals surface area (Å²) in [6, 6.07) is 11.1. The summed E-state index contributed by atoms with van der Waals surface area (Å²) < 4.78 is 6.05. The van der Waals surface area contributed by atoms with E-state index in [-0.39, 0.29) is 11.6 Å². The number of benzene rings is 1. The van der Waals surface area contributed by atoms with Crippen molar-refractivity contribution >= 4 is 0 Å². The van der Waals surface area contributed by atoms with Gasteiger partial charge in [-0.3, -0.25) is 11.3 Å². The highest BCUT2D eigenvalue weighted by atomic mass is 16.5. The molecule has 5 atom stereocenters. The van der Waals surface area contributed by atoms with Crippen LogP contribution in [0.2, 0.25) is 0 Å². The van der Waals surface area contributed by atoms with E-state index >= 15 is 0 Å². The Morgan fingerprint density at radius 3 is 2.71 bits per heavy atom. The zero-order valence-electron chi connectivity index (χ0n) is 13.2. The number of nitrogens with one attached hydrogen (secondary N) is 1. The van der Waals surface area contributed by atoms with Gasteiger partial charge in [0.05, 0.1) is 11.6 Å². The SMILES string of the molecule is COC1(C(NN)C2CC2c2ccccc2)CCCC(C)C1.